The van der Waals surface area contributed by atoms with Crippen molar-refractivity contribution in [2.75, 3.05) is 36.6 Å². The van der Waals surface area contributed by atoms with E-state index in [1.54, 1.807) is 35.2 Å². The summed E-state index contributed by atoms with van der Waals surface area (Å²) in [5.41, 5.74) is -2.10. The van der Waals surface area contributed by atoms with Crippen LogP contribution in [-0.2, 0) is 9.53 Å². The molecule has 178 valence electrons. The fourth-order valence-corrected chi connectivity index (χ4v) is 4.07. The van der Waals surface area contributed by atoms with Gasteiger partial charge in [-0.25, -0.2) is 9.40 Å². The van der Waals surface area contributed by atoms with E-state index >= 15 is 0 Å². The largest absolute Gasteiger partial charge is 0.431 e. The first-order chi connectivity index (χ1) is 16.1. The van der Waals surface area contributed by atoms with Crippen LogP contribution in [0.3, 0.4) is 0 Å². The van der Waals surface area contributed by atoms with Gasteiger partial charge in [-0.15, -0.1) is 0 Å². The number of morpholine rings is 1. The van der Waals surface area contributed by atoms with Crippen LogP contribution in [0.4, 0.5) is 28.9 Å². The number of nitrogens with one attached hydrogen (secondary N) is 1. The number of carbonyl (C=O) groups excluding carboxylic acids is 1. The summed E-state index contributed by atoms with van der Waals surface area (Å²) in [5.74, 6) is -1.56. The number of nitriles is 1. The molecule has 0 aromatic heterocycles. The van der Waals surface area contributed by atoms with Crippen molar-refractivity contribution in [3.8, 4) is 6.07 Å². The molecule has 0 spiro atoms. The van der Waals surface area contributed by atoms with Crippen LogP contribution >= 0.6 is 0 Å². The fraction of sp³-hybridized carbons (Fsp3) is 0.348. The zero-order valence-corrected chi connectivity index (χ0v) is 18.2. The highest BCUT2D eigenvalue weighted by atomic mass is 19.4. The van der Waals surface area contributed by atoms with Gasteiger partial charge in [0.15, 0.2) is 0 Å². The van der Waals surface area contributed by atoms with E-state index in [0.29, 0.717) is 5.69 Å². The Balaban J connectivity index is 1.85. The highest BCUT2D eigenvalue weighted by Gasteiger charge is 2.59. The first-order valence-corrected chi connectivity index (χ1v) is 10.5. The van der Waals surface area contributed by atoms with E-state index in [1.165, 1.54) is 6.07 Å². The molecule has 1 saturated heterocycles. The molecular formula is C23H21F4N5O2. The lowest BCUT2D eigenvalue weighted by Crippen LogP contribution is -2.66. The number of hydrazone groups is 1. The minimum Gasteiger partial charge on any atom is -0.379 e. The summed E-state index contributed by atoms with van der Waals surface area (Å²) in [6, 6.07) is 11.8. The number of amides is 1. The van der Waals surface area contributed by atoms with Gasteiger partial charge in [0.2, 0.25) is 5.66 Å². The highest BCUT2D eigenvalue weighted by Crippen LogP contribution is 2.41. The Labute approximate surface area is 193 Å². The molecule has 1 amide bonds. The Kier molecular flexibility index (Phi) is 6.29. The van der Waals surface area contributed by atoms with E-state index in [0.717, 1.165) is 22.7 Å². The Morgan fingerprint density at radius 1 is 1.18 bits per heavy atom. The predicted molar refractivity (Wildman–Crippen MR) is 117 cm³/mol. The molecule has 4 rings (SSSR count). The van der Waals surface area contributed by atoms with Gasteiger partial charge in [0.05, 0.1) is 24.5 Å². The molecule has 1 atom stereocenters. The lowest BCUT2D eigenvalue weighted by molar-refractivity contribution is -0.131. The Morgan fingerprint density at radius 2 is 1.85 bits per heavy atom. The third kappa shape index (κ3) is 4.34. The molecule has 34 heavy (non-hydrogen) atoms. The summed E-state index contributed by atoms with van der Waals surface area (Å²) >= 11 is 0. The van der Waals surface area contributed by atoms with Gasteiger partial charge in [0.1, 0.15) is 17.6 Å². The fourth-order valence-electron chi connectivity index (χ4n) is 4.07. The second kappa shape index (κ2) is 9.04. The van der Waals surface area contributed by atoms with Crippen LogP contribution in [0.15, 0.2) is 47.6 Å². The van der Waals surface area contributed by atoms with Gasteiger partial charge in [0.25, 0.3) is 5.91 Å². The number of rotatable bonds is 4. The number of nitrogens with zero attached hydrogens (tertiary/aromatic N) is 4. The van der Waals surface area contributed by atoms with Gasteiger partial charge in [0, 0.05) is 25.2 Å². The Hall–Kier alpha value is -3.49. The van der Waals surface area contributed by atoms with Crippen LogP contribution in [0.25, 0.3) is 0 Å². The molecule has 0 bridgehead atoms. The van der Waals surface area contributed by atoms with Crippen LogP contribution in [0, 0.1) is 24.1 Å². The number of ether oxygens (including phenoxy) is 1. The molecule has 0 unspecified atom stereocenters. The second-order valence-electron chi connectivity index (χ2n) is 8.05. The van der Waals surface area contributed by atoms with Crippen LogP contribution in [-0.4, -0.2) is 54.7 Å². The molecule has 1 fully saturated rings. The average Bonchev–Trinajstić information content (AvgIpc) is 3.24. The van der Waals surface area contributed by atoms with Crippen molar-refractivity contribution < 1.29 is 27.1 Å². The molecule has 1 N–H and O–H groups in total. The van der Waals surface area contributed by atoms with Crippen LogP contribution in [0.5, 0.6) is 0 Å². The molecule has 2 aromatic rings. The summed E-state index contributed by atoms with van der Waals surface area (Å²) in [6.45, 7) is 2.63. The van der Waals surface area contributed by atoms with E-state index in [9.17, 15) is 27.6 Å². The van der Waals surface area contributed by atoms with E-state index in [2.05, 4.69) is 10.4 Å². The molecule has 2 aliphatic heterocycles. The standard InChI is InChI=1S/C23H21F4N5O2/c1-15-2-4-17(5-3-15)29-21(33)22(31-8-10-34-11-9-31)13-20(23(25,26)27)30-32(22)18-6-7-19(24)16(12-18)14-28/h2-7,12H,8-11,13H2,1H3,(H,29,33)/t22-/m1/s1. The normalized spacial score (nSPS) is 21.2. The van der Waals surface area contributed by atoms with Crippen LogP contribution in [0.2, 0.25) is 0 Å². The molecule has 0 radical (unpaired) electrons. The number of hydrogen-bond donors (Lipinski definition) is 1. The van der Waals surface area contributed by atoms with Crippen molar-refractivity contribution >= 4 is 23.0 Å². The van der Waals surface area contributed by atoms with Gasteiger partial charge in [-0.05, 0) is 37.3 Å². The first-order valence-electron chi connectivity index (χ1n) is 10.5. The van der Waals surface area contributed by atoms with E-state index in [1.807, 2.05) is 6.92 Å². The molecule has 2 aromatic carbocycles. The predicted octanol–water partition coefficient (Wildman–Crippen LogP) is 3.80. The smallest absolute Gasteiger partial charge is 0.379 e. The number of anilines is 2. The Bertz CT molecular complexity index is 1150. The zero-order valence-electron chi connectivity index (χ0n) is 18.2. The molecule has 11 heteroatoms. The number of hydrogen-bond acceptors (Lipinski definition) is 6. The van der Waals surface area contributed by atoms with Gasteiger partial charge in [-0.2, -0.15) is 23.5 Å². The maximum absolute atomic E-state index is 14.0. The van der Waals surface area contributed by atoms with Gasteiger partial charge in [-0.1, -0.05) is 17.7 Å². The van der Waals surface area contributed by atoms with E-state index < -0.39 is 35.7 Å². The van der Waals surface area contributed by atoms with Gasteiger partial charge in [-0.3, -0.25) is 9.69 Å². The first kappa shape index (κ1) is 23.7. The minimum absolute atomic E-state index is 0.0113. The number of carbonyl (C=O) groups is 1. The molecular weight excluding hydrogens is 454 g/mol. The summed E-state index contributed by atoms with van der Waals surface area (Å²) in [6.07, 6.45) is -5.55. The second-order valence-corrected chi connectivity index (χ2v) is 8.05. The topological polar surface area (TPSA) is 81.0 Å². The molecule has 0 aliphatic carbocycles. The monoisotopic (exact) mass is 475 g/mol. The number of alkyl halides is 3. The lowest BCUT2D eigenvalue weighted by atomic mass is 9.97. The summed E-state index contributed by atoms with van der Waals surface area (Å²) in [5, 5.41) is 16.7. The quantitative estimate of drug-likeness (QED) is 0.681. The summed E-state index contributed by atoms with van der Waals surface area (Å²) < 4.78 is 60.9. The molecule has 7 nitrogen and oxygen atoms in total. The average molecular weight is 475 g/mol. The van der Waals surface area contributed by atoms with Crippen molar-refractivity contribution in [2.45, 2.75) is 25.2 Å². The molecule has 2 heterocycles. The van der Waals surface area contributed by atoms with E-state index in [-0.39, 0.29) is 37.6 Å². The summed E-state index contributed by atoms with van der Waals surface area (Å²) in [4.78, 5) is 15.4. The SMILES string of the molecule is Cc1ccc(NC(=O)[C@@]2(N3CCOCC3)CC(C(F)(F)F)=NN2c2ccc(F)c(C#N)c2)cc1. The zero-order chi connectivity index (χ0) is 24.5. The van der Waals surface area contributed by atoms with Gasteiger partial charge < -0.3 is 10.1 Å². The number of halogens is 4. The van der Waals surface area contributed by atoms with Crippen molar-refractivity contribution in [3.05, 3.63) is 59.4 Å². The maximum Gasteiger partial charge on any atom is 0.431 e. The highest BCUT2D eigenvalue weighted by molar-refractivity contribution is 6.07. The van der Waals surface area contributed by atoms with Crippen LogP contribution in [0.1, 0.15) is 17.5 Å². The molecule has 2 aliphatic rings. The van der Waals surface area contributed by atoms with Crippen molar-refractivity contribution in [1.29, 1.82) is 5.26 Å². The molecule has 0 saturated carbocycles. The van der Waals surface area contributed by atoms with Gasteiger partial charge >= 0.3 is 6.18 Å². The number of aryl methyl sites for hydroxylation is 1. The summed E-state index contributed by atoms with van der Waals surface area (Å²) in [7, 11) is 0. The van der Waals surface area contributed by atoms with E-state index in [4.69, 9.17) is 4.74 Å². The maximum atomic E-state index is 14.0. The van der Waals surface area contributed by atoms with Crippen molar-refractivity contribution in [3.63, 3.8) is 0 Å². The van der Waals surface area contributed by atoms with Crippen LogP contribution < -0.4 is 10.3 Å². The van der Waals surface area contributed by atoms with Crippen molar-refractivity contribution in [1.82, 2.24) is 4.90 Å². The third-order valence-electron chi connectivity index (χ3n) is 5.83. The lowest BCUT2D eigenvalue weighted by Gasteiger charge is -2.46. The minimum atomic E-state index is -4.80. The van der Waals surface area contributed by atoms with Crippen molar-refractivity contribution in [2.24, 2.45) is 5.10 Å². The third-order valence-corrected chi connectivity index (χ3v) is 5.83. The number of benzene rings is 2. The Morgan fingerprint density at radius 3 is 2.47 bits per heavy atom.